The number of nitrogens with one attached hydrogen (secondary N) is 1. The lowest BCUT2D eigenvalue weighted by atomic mass is 9.87. The minimum Gasteiger partial charge on any atom is -0.410 e. The van der Waals surface area contributed by atoms with Crippen molar-refractivity contribution in [3.63, 3.8) is 0 Å². The number of aliphatic hydroxyl groups is 11. The third-order valence-corrected chi connectivity index (χ3v) is 15.3. The molecule has 0 aliphatic carbocycles. The molecule has 452 valence electrons. The van der Waals surface area contributed by atoms with Crippen LogP contribution in [0.15, 0.2) is 12.2 Å². The van der Waals surface area contributed by atoms with Gasteiger partial charge in [0, 0.05) is 12.3 Å². The zero-order valence-electron chi connectivity index (χ0n) is 46.6. The molecule has 21 heteroatoms. The lowest BCUT2D eigenvalue weighted by Crippen LogP contribution is -2.67. The molecule has 0 aromatic heterocycles. The van der Waals surface area contributed by atoms with Crippen molar-refractivity contribution in [1.29, 1.82) is 0 Å². The van der Waals surface area contributed by atoms with E-state index in [-0.39, 0.29) is 25.4 Å². The van der Waals surface area contributed by atoms with E-state index in [0.717, 1.165) is 44.9 Å². The molecule has 0 bridgehead atoms. The Labute approximate surface area is 458 Å². The van der Waals surface area contributed by atoms with E-state index < -0.39 is 136 Å². The monoisotopic (exact) mass is 1110 g/mol. The maximum Gasteiger partial charge on any atom is 0.332 e. The zero-order valence-corrected chi connectivity index (χ0v) is 46.6. The maximum atomic E-state index is 13.3. The summed E-state index contributed by atoms with van der Waals surface area (Å²) in [4.78, 5) is 25.1. The van der Waals surface area contributed by atoms with Gasteiger partial charge in [0.25, 0.3) is 6.47 Å². The number of allylic oxidation sites excluding steroid dienone is 1. The number of carbonyl (C=O) groups excluding carboxylic acids is 2. The third kappa shape index (κ3) is 24.2. The summed E-state index contributed by atoms with van der Waals surface area (Å²) in [6, 6.07) is -1.00. The van der Waals surface area contributed by atoms with Gasteiger partial charge in [0.15, 0.2) is 12.6 Å². The first-order valence-electron chi connectivity index (χ1n) is 29.4. The number of hydrogen-bond donors (Lipinski definition) is 12. The van der Waals surface area contributed by atoms with E-state index in [2.05, 4.69) is 19.2 Å². The molecule has 0 aromatic carbocycles. The minimum absolute atomic E-state index is 0.124. The second kappa shape index (κ2) is 39.4. The topological polar surface area (TPSA) is 333 Å². The van der Waals surface area contributed by atoms with Gasteiger partial charge in [-0.25, -0.2) is 0 Å². The molecule has 12 N–H and O–H groups in total. The summed E-state index contributed by atoms with van der Waals surface area (Å²) in [6.07, 6.45) is 6.10. The molecule has 0 aromatic rings. The number of unbranched alkanes of at least 4 members (excludes halogenated alkanes) is 23. The van der Waals surface area contributed by atoms with Crippen LogP contribution in [0, 0.1) is 5.92 Å². The van der Waals surface area contributed by atoms with E-state index >= 15 is 0 Å². The average Bonchev–Trinajstić information content (AvgIpc) is 3.42. The smallest absolute Gasteiger partial charge is 0.332 e. The summed E-state index contributed by atoms with van der Waals surface area (Å²) >= 11 is 0. The highest BCUT2D eigenvalue weighted by Crippen LogP contribution is 2.40. The van der Waals surface area contributed by atoms with Gasteiger partial charge in [-0.3, -0.25) is 9.59 Å². The lowest BCUT2D eigenvalue weighted by molar-refractivity contribution is -0.448. The van der Waals surface area contributed by atoms with E-state index in [9.17, 15) is 65.8 Å². The quantitative estimate of drug-likeness (QED) is 0.0180. The van der Waals surface area contributed by atoms with Crippen LogP contribution < -0.4 is 5.32 Å². The SMILES string of the molecule is CCCCCCCCCCCCC/C=C/[C@@H](O)[C@H](CO[C@@H]1OC(CO)[C@@H](O[C@@H]2OC(CO)[C@H](O)[C@H](O[C@]3(OC=O)C[C@@H](O)[C@@H](C)C([C@H](O)[C@H](O)CO)O3)C2O)[C@H](O)C1O)NC(=O)CCCCCCCCCCCCCCC. The standard InChI is InChI=1S/C56H103NO20/c1-4-6-8-10-12-14-16-18-20-22-24-26-28-30-40(62)39(57-45(65)31-29-27-25-23-21-19-17-15-13-11-9-7-5-2)36-71-54-49(69)48(68)52(44(35-60)74-54)75-55-50(70)53(47(67)43(34-59)73-55)77-56(72-37-61)32-41(63)38(3)51(76-56)46(66)42(64)33-58/h28,30,37-44,46-55,58-60,62-64,66-70H,4-27,29,31-36H2,1-3H3,(H,57,65)/b30-28+/t38-,39+,40-,41-,42-,43?,44?,46-,47+,48-,49?,50?,51?,52-,53+,54-,55+,56+/m1/s1. The molecular weight excluding hydrogens is 1010 g/mol. The van der Waals surface area contributed by atoms with Crippen LogP contribution >= 0.6 is 0 Å². The van der Waals surface area contributed by atoms with Crippen LogP contribution in [0.4, 0.5) is 0 Å². The van der Waals surface area contributed by atoms with Gasteiger partial charge < -0.3 is 94.6 Å². The van der Waals surface area contributed by atoms with Crippen molar-refractivity contribution < 1.29 is 98.9 Å². The molecule has 1 amide bonds. The summed E-state index contributed by atoms with van der Waals surface area (Å²) in [5.41, 5.74) is 0. The Morgan fingerprint density at radius 1 is 0.662 bits per heavy atom. The Bertz CT molecular complexity index is 1550. The van der Waals surface area contributed by atoms with E-state index in [1.165, 1.54) is 116 Å². The molecule has 5 unspecified atom stereocenters. The first-order valence-corrected chi connectivity index (χ1v) is 29.4. The number of hydrogen-bond acceptors (Lipinski definition) is 20. The number of amides is 1. The van der Waals surface area contributed by atoms with Crippen LogP contribution in [-0.2, 0) is 42.7 Å². The number of ether oxygens (including phenoxy) is 7. The number of aliphatic hydroxyl groups excluding tert-OH is 11. The minimum atomic E-state index is -2.65. The van der Waals surface area contributed by atoms with Crippen molar-refractivity contribution in [2.75, 3.05) is 26.4 Å². The predicted octanol–water partition coefficient (Wildman–Crippen LogP) is 3.56. The van der Waals surface area contributed by atoms with Gasteiger partial charge in [0.05, 0.1) is 57.2 Å². The molecule has 3 aliphatic heterocycles. The van der Waals surface area contributed by atoms with Crippen molar-refractivity contribution in [2.24, 2.45) is 5.92 Å². The van der Waals surface area contributed by atoms with Gasteiger partial charge in [-0.1, -0.05) is 174 Å². The normalized spacial score (nSPS) is 31.5. The Morgan fingerprint density at radius 2 is 1.18 bits per heavy atom. The summed E-state index contributed by atoms with van der Waals surface area (Å²) in [6.45, 7) is 2.70. The molecule has 3 fully saturated rings. The molecule has 3 rings (SSSR count). The average molecular weight is 1110 g/mol. The summed E-state index contributed by atoms with van der Waals surface area (Å²) in [7, 11) is 0. The first-order chi connectivity index (χ1) is 37.1. The maximum absolute atomic E-state index is 13.3. The molecule has 0 radical (unpaired) electrons. The summed E-state index contributed by atoms with van der Waals surface area (Å²) in [5.74, 6) is -3.89. The van der Waals surface area contributed by atoms with Crippen molar-refractivity contribution in [1.82, 2.24) is 5.32 Å². The number of rotatable bonds is 43. The highest BCUT2D eigenvalue weighted by molar-refractivity contribution is 5.76. The second-order valence-electron chi connectivity index (χ2n) is 21.7. The fourth-order valence-corrected chi connectivity index (χ4v) is 10.3. The molecule has 0 spiro atoms. The molecule has 21 nitrogen and oxygen atoms in total. The van der Waals surface area contributed by atoms with Gasteiger partial charge >= 0.3 is 5.97 Å². The van der Waals surface area contributed by atoms with Crippen molar-refractivity contribution in [2.45, 2.75) is 298 Å². The van der Waals surface area contributed by atoms with Crippen LogP contribution in [0.2, 0.25) is 0 Å². The summed E-state index contributed by atoms with van der Waals surface area (Å²) in [5, 5.41) is 122. The molecule has 77 heavy (non-hydrogen) atoms. The fourth-order valence-electron chi connectivity index (χ4n) is 10.3. The summed E-state index contributed by atoms with van der Waals surface area (Å²) < 4.78 is 40.1. The second-order valence-corrected chi connectivity index (χ2v) is 21.7. The zero-order chi connectivity index (χ0) is 56.6. The van der Waals surface area contributed by atoms with E-state index in [4.69, 9.17) is 33.2 Å². The predicted molar refractivity (Wildman–Crippen MR) is 283 cm³/mol. The largest absolute Gasteiger partial charge is 0.410 e. The Balaban J connectivity index is 1.65. The van der Waals surface area contributed by atoms with Gasteiger partial charge in [-0.15, -0.1) is 0 Å². The lowest BCUT2D eigenvalue weighted by Gasteiger charge is -2.50. The highest BCUT2D eigenvalue weighted by Gasteiger charge is 2.57. The Kier molecular flexibility index (Phi) is 35.5. The highest BCUT2D eigenvalue weighted by atomic mass is 16.9. The molecule has 3 aliphatic rings. The molecule has 0 saturated carbocycles. The van der Waals surface area contributed by atoms with E-state index in [1.54, 1.807) is 6.08 Å². The van der Waals surface area contributed by atoms with Gasteiger partial charge in [0.1, 0.15) is 61.0 Å². The molecule has 3 heterocycles. The van der Waals surface area contributed by atoms with Gasteiger partial charge in [-0.05, 0) is 19.3 Å². The van der Waals surface area contributed by atoms with Crippen LogP contribution in [0.1, 0.15) is 194 Å². The Morgan fingerprint density at radius 3 is 1.70 bits per heavy atom. The van der Waals surface area contributed by atoms with E-state index in [0.29, 0.717) is 6.42 Å². The van der Waals surface area contributed by atoms with Crippen molar-refractivity contribution in [3.05, 3.63) is 12.2 Å². The molecule has 3 saturated heterocycles. The van der Waals surface area contributed by atoms with Crippen molar-refractivity contribution >= 4 is 12.4 Å². The molecule has 18 atom stereocenters. The fraction of sp³-hybridized carbons (Fsp3) is 0.929. The third-order valence-electron chi connectivity index (χ3n) is 15.3. The van der Waals surface area contributed by atoms with Crippen LogP contribution in [0.3, 0.4) is 0 Å². The van der Waals surface area contributed by atoms with Crippen molar-refractivity contribution in [3.8, 4) is 0 Å². The van der Waals surface area contributed by atoms with Gasteiger partial charge in [-0.2, -0.15) is 0 Å². The Hall–Kier alpha value is -2.00. The van der Waals surface area contributed by atoms with Crippen LogP contribution in [0.25, 0.3) is 0 Å². The molecular formula is C56H103NO20. The van der Waals surface area contributed by atoms with Crippen LogP contribution in [0.5, 0.6) is 0 Å². The van der Waals surface area contributed by atoms with Crippen LogP contribution in [-0.4, -0.2) is 199 Å². The first kappa shape index (κ1) is 69.3. The number of carbonyl (C=O) groups is 2. The van der Waals surface area contributed by atoms with E-state index in [1.807, 2.05) is 6.08 Å². The van der Waals surface area contributed by atoms with Gasteiger partial charge in [0.2, 0.25) is 5.91 Å².